The lowest BCUT2D eigenvalue weighted by Crippen LogP contribution is -2.43. The Balaban J connectivity index is 2.85. The van der Waals surface area contributed by atoms with E-state index in [1.165, 1.54) is 0 Å². The molecule has 0 bridgehead atoms. The van der Waals surface area contributed by atoms with Crippen LogP contribution in [-0.4, -0.2) is 29.0 Å². The first-order valence-corrected chi connectivity index (χ1v) is 9.11. The minimum absolute atomic E-state index is 0.402. The summed E-state index contributed by atoms with van der Waals surface area (Å²) in [6.45, 7) is 8.40. The van der Waals surface area contributed by atoms with Crippen molar-refractivity contribution >= 4 is 10.0 Å². The molecule has 0 aromatic carbocycles. The Kier molecular flexibility index (Phi) is 6.81. The van der Waals surface area contributed by atoms with Crippen LogP contribution in [0.2, 0.25) is 0 Å². The maximum absolute atomic E-state index is 12.7. The molecule has 21 heavy (non-hydrogen) atoms. The highest BCUT2D eigenvalue weighted by molar-refractivity contribution is 7.90. The third-order valence-electron chi connectivity index (χ3n) is 3.46. The fourth-order valence-electron chi connectivity index (χ4n) is 2.08. The first-order chi connectivity index (χ1) is 9.79. The van der Waals surface area contributed by atoms with Crippen molar-refractivity contribution in [3.8, 4) is 0 Å². The van der Waals surface area contributed by atoms with Crippen LogP contribution in [0, 0.1) is 0 Å². The Labute approximate surface area is 129 Å². The van der Waals surface area contributed by atoms with E-state index in [-0.39, 0.29) is 0 Å². The average molecular weight is 312 g/mol. The Morgan fingerprint density at radius 1 is 1.19 bits per heavy atom. The fourth-order valence-corrected chi connectivity index (χ4v) is 3.54. The minimum atomic E-state index is -3.32. The van der Waals surface area contributed by atoms with Gasteiger partial charge in [0.05, 0.1) is 4.75 Å². The van der Waals surface area contributed by atoms with Gasteiger partial charge in [-0.15, -0.1) is 0 Å². The molecule has 5 heteroatoms. The van der Waals surface area contributed by atoms with E-state index in [2.05, 4.69) is 11.9 Å². The molecule has 0 fully saturated rings. The van der Waals surface area contributed by atoms with Crippen LogP contribution in [0.5, 0.6) is 0 Å². The van der Waals surface area contributed by atoms with E-state index in [1.54, 1.807) is 37.5 Å². The number of hydrogen-bond acceptors (Lipinski definition) is 3. The molecule has 0 atom stereocenters. The van der Waals surface area contributed by atoms with Crippen LogP contribution in [0.4, 0.5) is 0 Å². The molecule has 4 nitrogen and oxygen atoms in total. The zero-order valence-electron chi connectivity index (χ0n) is 13.7. The third kappa shape index (κ3) is 5.40. The summed E-state index contributed by atoms with van der Waals surface area (Å²) in [6.07, 6.45) is 7.71. The number of nitrogens with zero attached hydrogens (tertiary/aromatic N) is 2. The molecule has 0 unspecified atom stereocenters. The molecule has 1 heterocycles. The van der Waals surface area contributed by atoms with Gasteiger partial charge in [0.25, 0.3) is 0 Å². The minimum Gasteiger partial charge on any atom is -0.264 e. The van der Waals surface area contributed by atoms with Gasteiger partial charge in [-0.2, -0.15) is 4.31 Å². The van der Waals surface area contributed by atoms with E-state index < -0.39 is 14.8 Å². The van der Waals surface area contributed by atoms with Crippen molar-refractivity contribution in [2.75, 3.05) is 6.54 Å². The monoisotopic (exact) mass is 312 g/mol. The second kappa shape index (κ2) is 7.90. The van der Waals surface area contributed by atoms with Crippen molar-refractivity contribution in [2.24, 2.45) is 0 Å². The zero-order valence-corrected chi connectivity index (χ0v) is 14.5. The van der Waals surface area contributed by atoms with Gasteiger partial charge < -0.3 is 0 Å². The molecule has 0 amide bonds. The van der Waals surface area contributed by atoms with Crippen molar-refractivity contribution in [2.45, 2.75) is 64.7 Å². The summed E-state index contributed by atoms with van der Waals surface area (Å²) in [7, 11) is -3.32. The van der Waals surface area contributed by atoms with Crippen molar-refractivity contribution < 1.29 is 8.42 Å². The smallest absolute Gasteiger partial charge is 0.219 e. The molecule has 0 radical (unpaired) electrons. The van der Waals surface area contributed by atoms with Crippen molar-refractivity contribution in [3.63, 3.8) is 0 Å². The fraction of sp³-hybridized carbons (Fsp3) is 0.688. The number of hydrogen-bond donors (Lipinski definition) is 0. The van der Waals surface area contributed by atoms with E-state index >= 15 is 0 Å². The normalized spacial score (nSPS) is 12.8. The molecule has 120 valence electrons. The standard InChI is InChI=1S/C16H28N2O2S/c1-5-6-7-8-12-18(21(19,20)16(2,3)4)14-15-10-9-11-17-13-15/h9-11,13H,5-8,12,14H2,1-4H3. The molecular weight excluding hydrogens is 284 g/mol. The lowest BCUT2D eigenvalue weighted by molar-refractivity contribution is 0.377. The van der Waals surface area contributed by atoms with Gasteiger partial charge in [-0.1, -0.05) is 32.3 Å². The molecule has 0 saturated carbocycles. The van der Waals surface area contributed by atoms with Gasteiger partial charge in [0, 0.05) is 25.5 Å². The van der Waals surface area contributed by atoms with Crippen LogP contribution in [0.25, 0.3) is 0 Å². The number of aromatic nitrogens is 1. The van der Waals surface area contributed by atoms with Gasteiger partial charge in [-0.3, -0.25) is 4.98 Å². The molecule has 0 saturated heterocycles. The highest BCUT2D eigenvalue weighted by Crippen LogP contribution is 2.23. The summed E-state index contributed by atoms with van der Waals surface area (Å²) >= 11 is 0. The Morgan fingerprint density at radius 2 is 1.90 bits per heavy atom. The molecule has 0 N–H and O–H groups in total. The topological polar surface area (TPSA) is 50.3 Å². The SMILES string of the molecule is CCCCCCN(Cc1cccnc1)S(=O)(=O)C(C)(C)C. The number of pyridine rings is 1. The van der Waals surface area contributed by atoms with Crippen molar-refractivity contribution in [3.05, 3.63) is 30.1 Å². The lowest BCUT2D eigenvalue weighted by atomic mass is 10.2. The largest absolute Gasteiger partial charge is 0.264 e. The Morgan fingerprint density at radius 3 is 2.43 bits per heavy atom. The molecule has 1 aromatic rings. The van der Waals surface area contributed by atoms with E-state index in [0.29, 0.717) is 13.1 Å². The van der Waals surface area contributed by atoms with Gasteiger partial charge in [-0.05, 0) is 38.8 Å². The van der Waals surface area contributed by atoms with Gasteiger partial charge in [-0.25, -0.2) is 8.42 Å². The van der Waals surface area contributed by atoms with E-state index in [0.717, 1.165) is 31.2 Å². The van der Waals surface area contributed by atoms with Gasteiger partial charge >= 0.3 is 0 Å². The van der Waals surface area contributed by atoms with Gasteiger partial charge in [0.1, 0.15) is 0 Å². The van der Waals surface area contributed by atoms with E-state index in [4.69, 9.17) is 0 Å². The summed E-state index contributed by atoms with van der Waals surface area (Å²) in [5.74, 6) is 0. The van der Waals surface area contributed by atoms with E-state index in [9.17, 15) is 8.42 Å². The zero-order chi connectivity index (χ0) is 15.9. The Bertz CT molecular complexity index is 507. The van der Waals surface area contributed by atoms with Crippen LogP contribution in [0.15, 0.2) is 24.5 Å². The molecule has 0 aliphatic rings. The number of rotatable bonds is 8. The van der Waals surface area contributed by atoms with Crippen molar-refractivity contribution in [1.82, 2.24) is 9.29 Å². The molecule has 1 aromatic heterocycles. The lowest BCUT2D eigenvalue weighted by Gasteiger charge is -2.30. The average Bonchev–Trinajstić information content (AvgIpc) is 2.42. The Hall–Kier alpha value is -0.940. The van der Waals surface area contributed by atoms with Crippen LogP contribution in [-0.2, 0) is 16.6 Å². The predicted molar refractivity (Wildman–Crippen MR) is 87.5 cm³/mol. The maximum Gasteiger partial charge on any atom is 0.219 e. The maximum atomic E-state index is 12.7. The van der Waals surface area contributed by atoms with E-state index in [1.807, 2.05) is 12.1 Å². The summed E-state index contributed by atoms with van der Waals surface area (Å²) in [5, 5.41) is 0. The van der Waals surface area contributed by atoms with Crippen LogP contribution < -0.4 is 0 Å². The summed E-state index contributed by atoms with van der Waals surface area (Å²) in [4.78, 5) is 4.07. The quantitative estimate of drug-likeness (QED) is 0.689. The molecule has 0 spiro atoms. The molecule has 0 aliphatic heterocycles. The second-order valence-electron chi connectivity index (χ2n) is 6.37. The highest BCUT2D eigenvalue weighted by atomic mass is 32.2. The van der Waals surface area contributed by atoms with Crippen molar-refractivity contribution in [1.29, 1.82) is 0 Å². The number of sulfonamides is 1. The van der Waals surface area contributed by atoms with Crippen LogP contribution in [0.1, 0.15) is 58.9 Å². The molecular formula is C16H28N2O2S. The van der Waals surface area contributed by atoms with Gasteiger partial charge in [0.15, 0.2) is 0 Å². The highest BCUT2D eigenvalue weighted by Gasteiger charge is 2.34. The molecule has 1 rings (SSSR count). The molecule has 0 aliphatic carbocycles. The number of unbranched alkanes of at least 4 members (excludes halogenated alkanes) is 3. The first-order valence-electron chi connectivity index (χ1n) is 7.67. The predicted octanol–water partition coefficient (Wildman–Crippen LogP) is 3.59. The third-order valence-corrected chi connectivity index (χ3v) is 6.00. The summed E-state index contributed by atoms with van der Waals surface area (Å²) in [5.41, 5.74) is 0.931. The van der Waals surface area contributed by atoms with Crippen LogP contribution in [0.3, 0.4) is 0 Å². The second-order valence-corrected chi connectivity index (χ2v) is 9.06. The summed E-state index contributed by atoms with van der Waals surface area (Å²) in [6, 6.07) is 3.76. The van der Waals surface area contributed by atoms with Gasteiger partial charge in [0.2, 0.25) is 10.0 Å². The summed E-state index contributed by atoms with van der Waals surface area (Å²) < 4.78 is 26.3. The van der Waals surface area contributed by atoms with Crippen LogP contribution >= 0.6 is 0 Å². The first kappa shape index (κ1) is 18.1.